The molecule has 0 amide bonds. The Balaban J connectivity index is 2.17. The van der Waals surface area contributed by atoms with Crippen molar-refractivity contribution in [2.45, 2.75) is 41.9 Å². The van der Waals surface area contributed by atoms with Gasteiger partial charge >= 0.3 is 0 Å². The van der Waals surface area contributed by atoms with E-state index >= 15 is 0 Å². The van der Waals surface area contributed by atoms with Crippen LogP contribution in [-0.4, -0.2) is 22.7 Å². The maximum Gasteiger partial charge on any atom is 0.0597 e. The number of nitrogens with two attached hydrogens (primary N) is 1. The fourth-order valence-corrected chi connectivity index (χ4v) is 4.35. The van der Waals surface area contributed by atoms with E-state index in [1.54, 1.807) is 25.3 Å². The van der Waals surface area contributed by atoms with Crippen LogP contribution >= 0.6 is 11.6 Å². The van der Waals surface area contributed by atoms with Crippen molar-refractivity contribution in [3.63, 3.8) is 0 Å². The van der Waals surface area contributed by atoms with E-state index in [-0.39, 0.29) is 11.4 Å². The minimum atomic E-state index is -1.11. The van der Waals surface area contributed by atoms with E-state index in [9.17, 15) is 4.21 Å². The summed E-state index contributed by atoms with van der Waals surface area (Å²) < 4.78 is 17.9. The van der Waals surface area contributed by atoms with Crippen molar-refractivity contribution in [2.24, 2.45) is 0 Å². The number of ether oxygens (including phenoxy) is 1. The van der Waals surface area contributed by atoms with E-state index in [0.29, 0.717) is 15.6 Å². The number of hydrogen-bond acceptors (Lipinski definition) is 3. The van der Waals surface area contributed by atoms with Gasteiger partial charge in [-0.1, -0.05) is 11.6 Å². The molecule has 0 aromatic heterocycles. The molecule has 100 valence electrons. The normalized spacial score (nSPS) is 25.9. The van der Waals surface area contributed by atoms with Crippen LogP contribution in [0, 0.1) is 0 Å². The molecule has 1 saturated carbocycles. The van der Waals surface area contributed by atoms with Gasteiger partial charge in [-0.05, 0) is 43.9 Å². The number of halogens is 1. The molecule has 1 aliphatic carbocycles. The molecular weight excluding hydrogens is 270 g/mol. The second kappa shape index (κ2) is 6.04. The summed E-state index contributed by atoms with van der Waals surface area (Å²) in [5, 5.41) is 0.644. The van der Waals surface area contributed by atoms with Crippen LogP contribution in [-0.2, 0) is 15.5 Å². The number of methoxy groups -OCH3 is 1. The van der Waals surface area contributed by atoms with E-state index in [4.69, 9.17) is 22.1 Å². The molecule has 1 fully saturated rings. The first kappa shape index (κ1) is 13.8. The van der Waals surface area contributed by atoms with Crippen molar-refractivity contribution < 1.29 is 8.95 Å². The van der Waals surface area contributed by atoms with Crippen LogP contribution in [0.25, 0.3) is 0 Å². The van der Waals surface area contributed by atoms with Crippen molar-refractivity contribution in [1.82, 2.24) is 0 Å². The highest BCUT2D eigenvalue weighted by Crippen LogP contribution is 2.31. The zero-order valence-corrected chi connectivity index (χ0v) is 12.0. The fourth-order valence-electron chi connectivity index (χ4n) is 2.36. The van der Waals surface area contributed by atoms with Crippen LogP contribution in [0.3, 0.4) is 0 Å². The van der Waals surface area contributed by atoms with Gasteiger partial charge in [0.15, 0.2) is 0 Å². The van der Waals surface area contributed by atoms with Gasteiger partial charge < -0.3 is 10.5 Å². The average molecular weight is 288 g/mol. The molecule has 0 spiro atoms. The fraction of sp³-hybridized carbons (Fsp3) is 0.538. The number of anilines is 1. The lowest BCUT2D eigenvalue weighted by atomic mass is 9.97. The molecule has 18 heavy (non-hydrogen) atoms. The molecule has 3 unspecified atom stereocenters. The second-order valence-corrected chi connectivity index (χ2v) is 6.74. The summed E-state index contributed by atoms with van der Waals surface area (Å²) in [6.07, 6.45) is 4.10. The monoisotopic (exact) mass is 287 g/mol. The van der Waals surface area contributed by atoms with Gasteiger partial charge in [-0.3, -0.25) is 4.21 Å². The maximum atomic E-state index is 12.5. The van der Waals surface area contributed by atoms with Crippen molar-refractivity contribution in [3.8, 4) is 0 Å². The minimum Gasteiger partial charge on any atom is -0.399 e. The Hall–Kier alpha value is -0.580. The maximum absolute atomic E-state index is 12.5. The first-order valence-corrected chi connectivity index (χ1v) is 7.69. The molecule has 3 nitrogen and oxygen atoms in total. The summed E-state index contributed by atoms with van der Waals surface area (Å²) in [7, 11) is 0.606. The molecule has 1 aromatic rings. The third-order valence-corrected chi connectivity index (χ3v) is 5.63. The highest BCUT2D eigenvalue weighted by molar-refractivity contribution is 7.85. The number of nitrogen functional groups attached to an aromatic ring is 1. The highest BCUT2D eigenvalue weighted by Gasteiger charge is 2.28. The van der Waals surface area contributed by atoms with Crippen molar-refractivity contribution in [2.75, 3.05) is 12.8 Å². The van der Waals surface area contributed by atoms with Crippen LogP contribution in [0.2, 0.25) is 5.02 Å². The first-order chi connectivity index (χ1) is 8.61. The molecule has 2 N–H and O–H groups in total. The van der Waals surface area contributed by atoms with Gasteiger partial charge in [0.25, 0.3) is 0 Å². The summed E-state index contributed by atoms with van der Waals surface area (Å²) >= 11 is 6.10. The Labute approximate surface area is 115 Å². The first-order valence-electron chi connectivity index (χ1n) is 6.10. The largest absolute Gasteiger partial charge is 0.399 e. The van der Waals surface area contributed by atoms with E-state index in [1.807, 2.05) is 0 Å². The molecule has 1 aliphatic rings. The Bertz CT molecular complexity index is 453. The second-order valence-electron chi connectivity index (χ2n) is 4.63. The lowest BCUT2D eigenvalue weighted by molar-refractivity contribution is 0.0725. The van der Waals surface area contributed by atoms with E-state index < -0.39 is 10.8 Å². The molecule has 3 atom stereocenters. The SMILES string of the molecule is COC1CCCC(S(=O)c2cc(N)ccc2Cl)C1. The van der Waals surface area contributed by atoms with Crippen LogP contribution in [0.1, 0.15) is 25.7 Å². The number of hydrogen-bond donors (Lipinski definition) is 1. The zero-order valence-electron chi connectivity index (χ0n) is 10.4. The summed E-state index contributed by atoms with van der Waals surface area (Å²) in [6, 6.07) is 5.15. The van der Waals surface area contributed by atoms with E-state index in [1.165, 1.54) is 0 Å². The van der Waals surface area contributed by atoms with Gasteiger partial charge in [0.1, 0.15) is 0 Å². The third kappa shape index (κ3) is 3.05. The molecule has 0 radical (unpaired) electrons. The minimum absolute atomic E-state index is 0.114. The quantitative estimate of drug-likeness (QED) is 0.870. The Morgan fingerprint density at radius 2 is 2.22 bits per heavy atom. The molecule has 5 heteroatoms. The van der Waals surface area contributed by atoms with Crippen molar-refractivity contribution in [1.29, 1.82) is 0 Å². The lowest BCUT2D eigenvalue weighted by Crippen LogP contribution is -2.28. The van der Waals surface area contributed by atoms with Gasteiger partial charge in [-0.15, -0.1) is 0 Å². The van der Waals surface area contributed by atoms with Crippen LogP contribution in [0.15, 0.2) is 23.1 Å². The van der Waals surface area contributed by atoms with Gasteiger partial charge in [-0.25, -0.2) is 0 Å². The Morgan fingerprint density at radius 1 is 1.44 bits per heavy atom. The van der Waals surface area contributed by atoms with Crippen molar-refractivity contribution >= 4 is 28.1 Å². The Morgan fingerprint density at radius 3 is 2.94 bits per heavy atom. The standard InChI is InChI=1S/C13H18ClNO2S/c1-17-10-3-2-4-11(8-10)18(16)13-7-9(15)5-6-12(13)14/h5-7,10-11H,2-4,8,15H2,1H3. The number of benzene rings is 1. The summed E-state index contributed by atoms with van der Waals surface area (Å²) in [5.41, 5.74) is 6.33. The van der Waals surface area contributed by atoms with Gasteiger partial charge in [-0.2, -0.15) is 0 Å². The smallest absolute Gasteiger partial charge is 0.0597 e. The zero-order chi connectivity index (χ0) is 13.1. The molecule has 0 heterocycles. The highest BCUT2D eigenvalue weighted by atomic mass is 35.5. The molecule has 1 aromatic carbocycles. The molecule has 0 bridgehead atoms. The molecule has 2 rings (SSSR count). The molecular formula is C13H18ClNO2S. The van der Waals surface area contributed by atoms with Crippen molar-refractivity contribution in [3.05, 3.63) is 23.2 Å². The van der Waals surface area contributed by atoms with E-state index in [0.717, 1.165) is 25.7 Å². The lowest BCUT2D eigenvalue weighted by Gasteiger charge is -2.27. The summed E-state index contributed by atoms with van der Waals surface area (Å²) in [4.78, 5) is 0.651. The van der Waals surface area contributed by atoms with Crippen LogP contribution < -0.4 is 5.73 Å². The summed E-state index contributed by atoms with van der Waals surface area (Å²) in [5.74, 6) is 0. The molecule has 0 saturated heterocycles. The molecule has 0 aliphatic heterocycles. The predicted octanol–water partition coefficient (Wildman–Crippen LogP) is 2.99. The average Bonchev–Trinajstić information content (AvgIpc) is 2.41. The summed E-state index contributed by atoms with van der Waals surface area (Å²) in [6.45, 7) is 0. The van der Waals surface area contributed by atoms with Crippen LogP contribution in [0.4, 0.5) is 5.69 Å². The topological polar surface area (TPSA) is 52.3 Å². The van der Waals surface area contributed by atoms with Gasteiger partial charge in [0.05, 0.1) is 26.8 Å². The van der Waals surface area contributed by atoms with E-state index in [2.05, 4.69) is 0 Å². The van der Waals surface area contributed by atoms with Gasteiger partial charge in [0, 0.05) is 18.0 Å². The third-order valence-electron chi connectivity index (χ3n) is 3.39. The predicted molar refractivity (Wildman–Crippen MR) is 75.3 cm³/mol. The van der Waals surface area contributed by atoms with Gasteiger partial charge in [0.2, 0.25) is 0 Å². The Kier molecular flexibility index (Phi) is 4.65. The number of rotatable bonds is 3. The van der Waals surface area contributed by atoms with Crippen LogP contribution in [0.5, 0.6) is 0 Å².